The number of hydrogen-bond acceptors (Lipinski definition) is 5. The molecule has 2 aliphatic heterocycles. The summed E-state index contributed by atoms with van der Waals surface area (Å²) in [7, 11) is 0. The molecule has 0 saturated carbocycles. The zero-order chi connectivity index (χ0) is 20.5. The molecule has 6 heteroatoms. The Kier molecular flexibility index (Phi) is 4.77. The van der Waals surface area contributed by atoms with Gasteiger partial charge in [-0.25, -0.2) is 4.98 Å². The predicted octanol–water partition coefficient (Wildman–Crippen LogP) is 3.88. The molecule has 30 heavy (non-hydrogen) atoms. The van der Waals surface area contributed by atoms with Gasteiger partial charge in [0.05, 0.1) is 35.7 Å². The van der Waals surface area contributed by atoms with Crippen LogP contribution in [0.1, 0.15) is 12.5 Å². The van der Waals surface area contributed by atoms with E-state index in [0.717, 1.165) is 41.1 Å². The van der Waals surface area contributed by atoms with Crippen molar-refractivity contribution in [2.45, 2.75) is 6.92 Å². The topological polar surface area (TPSA) is 58.0 Å². The number of para-hydroxylation sites is 2. The fourth-order valence-electron chi connectivity index (χ4n) is 3.84. The summed E-state index contributed by atoms with van der Waals surface area (Å²) in [6.07, 6.45) is 1.92. The lowest BCUT2D eigenvalue weighted by atomic mass is 10.0. The minimum absolute atomic E-state index is 0.125. The highest BCUT2D eigenvalue weighted by atomic mass is 16.5. The fourth-order valence-corrected chi connectivity index (χ4v) is 3.84. The molecule has 0 aliphatic carbocycles. The molecule has 2 aliphatic rings. The van der Waals surface area contributed by atoms with Gasteiger partial charge in [-0.05, 0) is 37.3 Å². The van der Waals surface area contributed by atoms with Gasteiger partial charge in [-0.2, -0.15) is 10.1 Å². The average molecular weight is 398 g/mol. The summed E-state index contributed by atoms with van der Waals surface area (Å²) < 4.78 is 5.51. The van der Waals surface area contributed by atoms with Crippen molar-refractivity contribution in [3.8, 4) is 0 Å². The Labute approximate surface area is 175 Å². The number of ether oxygens (including phenoxy) is 1. The number of pyridine rings is 1. The Hall–Kier alpha value is -3.51. The third kappa shape index (κ3) is 3.35. The van der Waals surface area contributed by atoms with Crippen molar-refractivity contribution in [3.05, 3.63) is 71.8 Å². The number of benzene rings is 2. The van der Waals surface area contributed by atoms with Crippen LogP contribution < -0.4 is 9.91 Å². The van der Waals surface area contributed by atoms with E-state index >= 15 is 0 Å². The second kappa shape index (κ2) is 7.72. The van der Waals surface area contributed by atoms with Crippen molar-refractivity contribution in [1.29, 1.82) is 0 Å². The number of anilines is 2. The summed E-state index contributed by atoms with van der Waals surface area (Å²) >= 11 is 0. The number of carbonyl (C=O) groups is 1. The molecule has 0 unspecified atom stereocenters. The highest BCUT2D eigenvalue weighted by Gasteiger charge is 2.29. The number of aromatic nitrogens is 1. The lowest BCUT2D eigenvalue weighted by Gasteiger charge is -2.29. The van der Waals surface area contributed by atoms with Crippen molar-refractivity contribution in [2.75, 3.05) is 36.2 Å². The molecule has 0 radical (unpaired) electrons. The van der Waals surface area contributed by atoms with E-state index in [1.807, 2.05) is 67.6 Å². The van der Waals surface area contributed by atoms with Gasteiger partial charge in [-0.1, -0.05) is 36.4 Å². The van der Waals surface area contributed by atoms with E-state index in [1.165, 1.54) is 5.01 Å². The monoisotopic (exact) mass is 398 g/mol. The number of hydrazone groups is 1. The molecule has 0 N–H and O–H groups in total. The zero-order valence-electron chi connectivity index (χ0n) is 16.8. The first-order valence-corrected chi connectivity index (χ1v) is 10.1. The smallest absolute Gasteiger partial charge is 0.280 e. The number of nitrogens with zero attached hydrogens (tertiary/aromatic N) is 4. The first kappa shape index (κ1) is 18.5. The lowest BCUT2D eigenvalue weighted by Crippen LogP contribution is -2.37. The van der Waals surface area contributed by atoms with E-state index in [2.05, 4.69) is 16.1 Å². The summed E-state index contributed by atoms with van der Waals surface area (Å²) in [6, 6.07) is 19.6. The average Bonchev–Trinajstić information content (AvgIpc) is 3.08. The van der Waals surface area contributed by atoms with Crippen LogP contribution in [0.4, 0.5) is 11.5 Å². The Morgan fingerprint density at radius 2 is 1.73 bits per heavy atom. The fraction of sp³-hybridized carbons (Fsp3) is 0.208. The van der Waals surface area contributed by atoms with E-state index in [1.54, 1.807) is 0 Å². The predicted molar refractivity (Wildman–Crippen MR) is 120 cm³/mol. The summed E-state index contributed by atoms with van der Waals surface area (Å²) in [4.78, 5) is 20.3. The molecule has 3 aromatic rings. The number of hydrogen-bond donors (Lipinski definition) is 0. The maximum Gasteiger partial charge on any atom is 0.280 e. The highest BCUT2D eigenvalue weighted by Crippen LogP contribution is 2.30. The maximum atomic E-state index is 13.2. The molecule has 3 heterocycles. The molecular formula is C24H22N4O2. The second-order valence-corrected chi connectivity index (χ2v) is 7.39. The van der Waals surface area contributed by atoms with Crippen LogP contribution in [0, 0.1) is 0 Å². The zero-order valence-corrected chi connectivity index (χ0v) is 16.8. The van der Waals surface area contributed by atoms with Crippen molar-refractivity contribution in [2.24, 2.45) is 5.10 Å². The third-order valence-electron chi connectivity index (χ3n) is 5.41. The molecule has 1 amide bonds. The molecule has 0 atom stereocenters. The first-order valence-electron chi connectivity index (χ1n) is 10.1. The van der Waals surface area contributed by atoms with E-state index in [0.29, 0.717) is 24.5 Å². The van der Waals surface area contributed by atoms with E-state index in [-0.39, 0.29) is 5.91 Å². The Morgan fingerprint density at radius 3 is 2.53 bits per heavy atom. The Balaban J connectivity index is 1.59. The Bertz CT molecular complexity index is 1160. The largest absolute Gasteiger partial charge is 0.378 e. The van der Waals surface area contributed by atoms with Gasteiger partial charge < -0.3 is 9.64 Å². The van der Waals surface area contributed by atoms with Gasteiger partial charge >= 0.3 is 0 Å². The van der Waals surface area contributed by atoms with Crippen molar-refractivity contribution in [3.63, 3.8) is 0 Å². The summed E-state index contributed by atoms with van der Waals surface area (Å²) in [6.45, 7) is 4.77. The molecule has 1 saturated heterocycles. The van der Waals surface area contributed by atoms with E-state index in [4.69, 9.17) is 9.72 Å². The molecule has 6 nitrogen and oxygen atoms in total. The highest BCUT2D eigenvalue weighted by molar-refractivity contribution is 6.32. The van der Waals surface area contributed by atoms with Crippen LogP contribution in [0.15, 0.2) is 71.3 Å². The molecule has 1 fully saturated rings. The number of fused-ring (bicyclic) bond motifs is 1. The SMILES string of the molecule is CC1=NN(c2ccccc2)C(=O)/C1=C/c1cc2ccccc2nc1N1CCOCC1. The van der Waals surface area contributed by atoms with Gasteiger partial charge in [-0.3, -0.25) is 4.79 Å². The minimum Gasteiger partial charge on any atom is -0.378 e. The standard InChI is InChI=1S/C24H22N4O2/c1-17-21(24(29)28(26-17)20-8-3-2-4-9-20)16-19-15-18-7-5-6-10-22(18)25-23(19)27-11-13-30-14-12-27/h2-10,15-16H,11-14H2,1H3/b21-16+. The summed E-state index contributed by atoms with van der Waals surface area (Å²) in [5, 5.41) is 7.01. The molecule has 2 aromatic carbocycles. The number of rotatable bonds is 3. The van der Waals surface area contributed by atoms with Crippen molar-refractivity contribution >= 4 is 40.1 Å². The van der Waals surface area contributed by atoms with Crippen LogP contribution in [0.2, 0.25) is 0 Å². The third-order valence-corrected chi connectivity index (χ3v) is 5.41. The first-order chi connectivity index (χ1) is 14.7. The normalized spacial score (nSPS) is 18.4. The van der Waals surface area contributed by atoms with Crippen LogP contribution in [0.3, 0.4) is 0 Å². The van der Waals surface area contributed by atoms with E-state index < -0.39 is 0 Å². The van der Waals surface area contributed by atoms with Crippen molar-refractivity contribution < 1.29 is 9.53 Å². The molecule has 0 spiro atoms. The second-order valence-electron chi connectivity index (χ2n) is 7.39. The molecular weight excluding hydrogens is 376 g/mol. The summed E-state index contributed by atoms with van der Waals surface area (Å²) in [5.74, 6) is 0.753. The lowest BCUT2D eigenvalue weighted by molar-refractivity contribution is -0.114. The van der Waals surface area contributed by atoms with Gasteiger partial charge in [-0.15, -0.1) is 0 Å². The molecule has 5 rings (SSSR count). The number of morpholine rings is 1. The van der Waals surface area contributed by atoms with Crippen LogP contribution in [-0.4, -0.2) is 42.9 Å². The van der Waals surface area contributed by atoms with Crippen LogP contribution >= 0.6 is 0 Å². The summed E-state index contributed by atoms with van der Waals surface area (Å²) in [5.41, 5.74) is 3.91. The Morgan fingerprint density at radius 1 is 1.00 bits per heavy atom. The van der Waals surface area contributed by atoms with Gasteiger partial charge in [0.2, 0.25) is 0 Å². The maximum absolute atomic E-state index is 13.2. The van der Waals surface area contributed by atoms with Crippen LogP contribution in [0.5, 0.6) is 0 Å². The number of carbonyl (C=O) groups excluding carboxylic acids is 1. The van der Waals surface area contributed by atoms with Crippen LogP contribution in [0.25, 0.3) is 17.0 Å². The quantitative estimate of drug-likeness (QED) is 0.629. The van der Waals surface area contributed by atoms with Gasteiger partial charge in [0.1, 0.15) is 5.82 Å². The van der Waals surface area contributed by atoms with Crippen LogP contribution in [-0.2, 0) is 9.53 Å². The van der Waals surface area contributed by atoms with Crippen molar-refractivity contribution in [1.82, 2.24) is 4.98 Å². The molecule has 150 valence electrons. The van der Waals surface area contributed by atoms with Gasteiger partial charge in [0.15, 0.2) is 0 Å². The van der Waals surface area contributed by atoms with Gasteiger partial charge in [0, 0.05) is 24.0 Å². The van der Waals surface area contributed by atoms with E-state index in [9.17, 15) is 4.79 Å². The van der Waals surface area contributed by atoms with Gasteiger partial charge in [0.25, 0.3) is 5.91 Å². The molecule has 1 aromatic heterocycles. The number of amides is 1. The molecule has 0 bridgehead atoms. The minimum atomic E-state index is -0.125.